The fourth-order valence-electron chi connectivity index (χ4n) is 2.83. The van der Waals surface area contributed by atoms with Crippen molar-refractivity contribution in [2.45, 2.75) is 26.5 Å². The van der Waals surface area contributed by atoms with Gasteiger partial charge in [0, 0.05) is 22.7 Å². The highest BCUT2D eigenvalue weighted by molar-refractivity contribution is 8.18. The molecule has 0 spiro atoms. The fourth-order valence-corrected chi connectivity index (χ4v) is 3.66. The SMILES string of the molecule is C#CCn1cc(/C=C2/SC(=O)N(CC(=O)OC(C)C)C2=O)c2ccccc21. The van der Waals surface area contributed by atoms with Crippen LogP contribution in [0, 0.1) is 12.3 Å². The maximum Gasteiger partial charge on any atom is 0.326 e. The zero-order valence-corrected chi connectivity index (χ0v) is 15.8. The first-order chi connectivity index (χ1) is 12.9. The summed E-state index contributed by atoms with van der Waals surface area (Å²) in [7, 11) is 0. The summed E-state index contributed by atoms with van der Waals surface area (Å²) in [5, 5.41) is 0.443. The Labute approximate surface area is 161 Å². The van der Waals surface area contributed by atoms with Gasteiger partial charge in [0.05, 0.1) is 17.6 Å². The fraction of sp³-hybridized carbons (Fsp3) is 0.250. The molecule has 0 unspecified atom stereocenters. The first-order valence-electron chi connectivity index (χ1n) is 8.37. The molecule has 0 saturated carbocycles. The van der Waals surface area contributed by atoms with E-state index in [9.17, 15) is 14.4 Å². The number of imide groups is 1. The highest BCUT2D eigenvalue weighted by Crippen LogP contribution is 2.34. The topological polar surface area (TPSA) is 68.6 Å². The van der Waals surface area contributed by atoms with Gasteiger partial charge in [-0.05, 0) is 37.8 Å². The number of esters is 1. The Kier molecular flexibility index (Phi) is 5.38. The Bertz CT molecular complexity index is 997. The lowest BCUT2D eigenvalue weighted by molar-refractivity contribution is -0.149. The minimum Gasteiger partial charge on any atom is -0.462 e. The number of carbonyl (C=O) groups excluding carboxylic acids is 3. The molecule has 0 bridgehead atoms. The summed E-state index contributed by atoms with van der Waals surface area (Å²) in [6, 6.07) is 7.68. The van der Waals surface area contributed by atoms with Crippen LogP contribution in [0.15, 0.2) is 35.4 Å². The van der Waals surface area contributed by atoms with Crippen LogP contribution in [0.25, 0.3) is 17.0 Å². The average molecular weight is 382 g/mol. The second kappa shape index (κ2) is 7.72. The van der Waals surface area contributed by atoms with E-state index in [1.807, 2.05) is 35.0 Å². The van der Waals surface area contributed by atoms with Gasteiger partial charge in [-0.1, -0.05) is 24.1 Å². The van der Waals surface area contributed by atoms with Gasteiger partial charge in [0.2, 0.25) is 0 Å². The van der Waals surface area contributed by atoms with Gasteiger partial charge in [0.25, 0.3) is 11.1 Å². The quantitative estimate of drug-likeness (QED) is 0.451. The van der Waals surface area contributed by atoms with Crippen molar-refractivity contribution in [1.29, 1.82) is 0 Å². The Morgan fingerprint density at radius 2 is 2.07 bits per heavy atom. The molecular formula is C20H18N2O4S. The molecule has 3 rings (SSSR count). The Hall–Kier alpha value is -2.98. The first-order valence-corrected chi connectivity index (χ1v) is 9.18. The van der Waals surface area contributed by atoms with E-state index in [4.69, 9.17) is 11.2 Å². The predicted octanol–water partition coefficient (Wildman–Crippen LogP) is 3.26. The standard InChI is InChI=1S/C20H18N2O4S/c1-4-9-21-11-14(15-7-5-6-8-16(15)21)10-17-19(24)22(20(25)27-17)12-18(23)26-13(2)3/h1,5-8,10-11,13H,9,12H2,2-3H3/b17-10+. The monoisotopic (exact) mass is 382 g/mol. The van der Waals surface area contributed by atoms with Gasteiger partial charge in [-0.2, -0.15) is 0 Å². The van der Waals surface area contributed by atoms with Crippen LogP contribution < -0.4 is 0 Å². The largest absolute Gasteiger partial charge is 0.462 e. The maximum atomic E-state index is 12.6. The smallest absolute Gasteiger partial charge is 0.326 e. The number of fused-ring (bicyclic) bond motifs is 1. The number of hydrogen-bond acceptors (Lipinski definition) is 5. The highest BCUT2D eigenvalue weighted by Gasteiger charge is 2.37. The lowest BCUT2D eigenvalue weighted by Crippen LogP contribution is -2.35. The normalized spacial score (nSPS) is 15.8. The van der Waals surface area contributed by atoms with Crippen LogP contribution in [0.5, 0.6) is 0 Å². The van der Waals surface area contributed by atoms with Crippen molar-refractivity contribution < 1.29 is 19.1 Å². The number of nitrogens with zero attached hydrogens (tertiary/aromatic N) is 2. The third kappa shape index (κ3) is 3.91. The molecule has 0 N–H and O–H groups in total. The second-order valence-corrected chi connectivity index (χ2v) is 7.23. The zero-order chi connectivity index (χ0) is 19.6. The number of para-hydroxylation sites is 1. The van der Waals surface area contributed by atoms with Crippen molar-refractivity contribution in [2.24, 2.45) is 0 Å². The summed E-state index contributed by atoms with van der Waals surface area (Å²) in [5.41, 5.74) is 1.73. The molecule has 1 fully saturated rings. The number of aromatic nitrogens is 1. The molecule has 27 heavy (non-hydrogen) atoms. The summed E-state index contributed by atoms with van der Waals surface area (Å²) in [6.45, 7) is 3.42. The van der Waals surface area contributed by atoms with E-state index in [0.717, 1.165) is 33.1 Å². The lowest BCUT2D eigenvalue weighted by Gasteiger charge is -2.13. The maximum absolute atomic E-state index is 12.6. The van der Waals surface area contributed by atoms with Gasteiger partial charge >= 0.3 is 5.97 Å². The average Bonchev–Trinajstić information content (AvgIpc) is 3.08. The molecule has 0 aliphatic carbocycles. The summed E-state index contributed by atoms with van der Waals surface area (Å²) >= 11 is 0.810. The lowest BCUT2D eigenvalue weighted by atomic mass is 10.1. The minimum absolute atomic E-state index is 0.265. The molecule has 2 heterocycles. The number of carbonyl (C=O) groups is 3. The van der Waals surface area contributed by atoms with E-state index >= 15 is 0 Å². The molecule has 2 amide bonds. The van der Waals surface area contributed by atoms with Crippen molar-refractivity contribution in [3.05, 3.63) is 40.9 Å². The van der Waals surface area contributed by atoms with Crippen molar-refractivity contribution in [3.8, 4) is 12.3 Å². The van der Waals surface area contributed by atoms with E-state index in [1.165, 1.54) is 0 Å². The second-order valence-electron chi connectivity index (χ2n) is 6.24. The molecular weight excluding hydrogens is 364 g/mol. The number of ether oxygens (including phenoxy) is 1. The van der Waals surface area contributed by atoms with E-state index in [0.29, 0.717) is 6.54 Å². The van der Waals surface area contributed by atoms with Crippen LogP contribution in [-0.4, -0.2) is 39.2 Å². The van der Waals surface area contributed by atoms with E-state index in [2.05, 4.69) is 5.92 Å². The van der Waals surface area contributed by atoms with Crippen LogP contribution in [0.1, 0.15) is 19.4 Å². The number of terminal acetylenes is 1. The van der Waals surface area contributed by atoms with Crippen molar-refractivity contribution in [2.75, 3.05) is 6.54 Å². The number of thioether (sulfide) groups is 1. The van der Waals surface area contributed by atoms with Gasteiger partial charge in [-0.25, -0.2) is 0 Å². The third-order valence-corrected chi connectivity index (χ3v) is 4.80. The van der Waals surface area contributed by atoms with Crippen LogP contribution >= 0.6 is 11.8 Å². The van der Waals surface area contributed by atoms with Crippen LogP contribution in [0.4, 0.5) is 4.79 Å². The molecule has 0 radical (unpaired) electrons. The first kappa shape index (κ1) is 18.8. The van der Waals surface area contributed by atoms with E-state index in [-0.39, 0.29) is 17.6 Å². The molecule has 0 atom stereocenters. The molecule has 1 aliphatic rings. The van der Waals surface area contributed by atoms with Gasteiger partial charge in [-0.15, -0.1) is 6.42 Å². The van der Waals surface area contributed by atoms with Crippen molar-refractivity contribution >= 4 is 45.9 Å². The van der Waals surface area contributed by atoms with Crippen molar-refractivity contribution in [3.63, 3.8) is 0 Å². The van der Waals surface area contributed by atoms with Crippen LogP contribution in [0.3, 0.4) is 0 Å². The zero-order valence-electron chi connectivity index (χ0n) is 15.0. The molecule has 1 aromatic heterocycles. The van der Waals surface area contributed by atoms with E-state index in [1.54, 1.807) is 19.9 Å². The van der Waals surface area contributed by atoms with Crippen LogP contribution in [-0.2, 0) is 20.9 Å². The molecule has 1 aromatic carbocycles. The highest BCUT2D eigenvalue weighted by atomic mass is 32.2. The Balaban J connectivity index is 1.89. The van der Waals surface area contributed by atoms with Gasteiger partial charge in [0.15, 0.2) is 0 Å². The molecule has 138 valence electrons. The van der Waals surface area contributed by atoms with Crippen molar-refractivity contribution in [1.82, 2.24) is 9.47 Å². The molecule has 1 saturated heterocycles. The number of rotatable bonds is 5. The third-order valence-electron chi connectivity index (χ3n) is 3.90. The summed E-state index contributed by atoms with van der Waals surface area (Å²) in [5.74, 6) is 1.49. The number of amides is 2. The summed E-state index contributed by atoms with van der Waals surface area (Å²) in [4.78, 5) is 37.7. The summed E-state index contributed by atoms with van der Waals surface area (Å²) in [6.07, 6.45) is 8.63. The molecule has 6 nitrogen and oxygen atoms in total. The Morgan fingerprint density at radius 3 is 2.78 bits per heavy atom. The summed E-state index contributed by atoms with van der Waals surface area (Å²) < 4.78 is 6.92. The van der Waals surface area contributed by atoms with E-state index < -0.39 is 17.1 Å². The van der Waals surface area contributed by atoms with Gasteiger partial charge < -0.3 is 9.30 Å². The number of benzene rings is 1. The van der Waals surface area contributed by atoms with Gasteiger partial charge in [-0.3, -0.25) is 19.3 Å². The Morgan fingerprint density at radius 1 is 1.33 bits per heavy atom. The minimum atomic E-state index is -0.612. The predicted molar refractivity (Wildman–Crippen MR) is 105 cm³/mol. The van der Waals surface area contributed by atoms with Crippen LogP contribution in [0.2, 0.25) is 0 Å². The molecule has 1 aliphatic heterocycles. The molecule has 2 aromatic rings. The molecule has 7 heteroatoms. The van der Waals surface area contributed by atoms with Gasteiger partial charge in [0.1, 0.15) is 6.54 Å². The number of hydrogen-bond donors (Lipinski definition) is 0.